The molecule has 0 aromatic carbocycles. The van der Waals surface area contributed by atoms with Crippen molar-refractivity contribution in [1.29, 1.82) is 0 Å². The minimum Gasteiger partial charge on any atom is -0.726 e. The fourth-order valence-electron chi connectivity index (χ4n) is 7.10. The minimum atomic E-state index is -5.36. The van der Waals surface area contributed by atoms with E-state index in [1.165, 1.54) is 122 Å². The summed E-state index contributed by atoms with van der Waals surface area (Å²) in [6, 6.07) is -1.13. The second kappa shape index (κ2) is 35.5. The van der Waals surface area contributed by atoms with Crippen LogP contribution in [0.2, 0.25) is 0 Å². The van der Waals surface area contributed by atoms with Gasteiger partial charge in [0, 0.05) is 0 Å². The lowest BCUT2D eigenvalue weighted by Crippen LogP contribution is -2.61. The number of unbranched alkanes of at least 4 members (excludes halogenated alkanes) is 24. The molecule has 57 heavy (non-hydrogen) atoms. The van der Waals surface area contributed by atoms with E-state index in [0.717, 1.165) is 38.5 Å². The highest BCUT2D eigenvalue weighted by Crippen LogP contribution is 2.26. The number of aliphatic hydroxyl groups is 5. The van der Waals surface area contributed by atoms with Crippen LogP contribution in [0.1, 0.15) is 187 Å². The molecule has 1 saturated heterocycles. The highest BCUT2D eigenvalue weighted by atomic mass is 32.3. The van der Waals surface area contributed by atoms with Gasteiger partial charge in [0.1, 0.15) is 30.5 Å². The van der Waals surface area contributed by atoms with Gasteiger partial charge in [-0.1, -0.05) is 180 Å². The molecular weight excluding hydrogens is 757 g/mol. The second-order valence-corrected chi connectivity index (χ2v) is 16.8. The molecule has 0 bridgehead atoms. The van der Waals surface area contributed by atoms with Gasteiger partial charge in [0.2, 0.25) is 16.3 Å². The summed E-state index contributed by atoms with van der Waals surface area (Å²) in [6.07, 6.45) is 22.6. The molecule has 0 unspecified atom stereocenters. The molecule has 0 aliphatic carbocycles. The fourth-order valence-corrected chi connectivity index (χ4v) is 7.60. The van der Waals surface area contributed by atoms with Gasteiger partial charge in [-0.3, -0.25) is 8.98 Å². The van der Waals surface area contributed by atoms with Gasteiger partial charge in [0.05, 0.1) is 25.4 Å². The quantitative estimate of drug-likeness (QED) is 0.0145. The number of allylic oxidation sites excluding steroid dienone is 1. The molecule has 1 aliphatic rings. The van der Waals surface area contributed by atoms with Gasteiger partial charge >= 0.3 is 0 Å². The predicted octanol–water partition coefficient (Wildman–Crippen LogP) is 7.00. The summed E-state index contributed by atoms with van der Waals surface area (Å²) in [5.74, 6) is -0.710. The number of carbonyl (C=O) groups is 1. The van der Waals surface area contributed by atoms with Gasteiger partial charge in [0.15, 0.2) is 6.29 Å². The Labute approximate surface area is 345 Å². The molecule has 1 fully saturated rings. The van der Waals surface area contributed by atoms with E-state index in [0.29, 0.717) is 12.8 Å². The highest BCUT2D eigenvalue weighted by Gasteiger charge is 2.47. The van der Waals surface area contributed by atoms with E-state index < -0.39 is 78.5 Å². The van der Waals surface area contributed by atoms with Crippen molar-refractivity contribution in [3.63, 3.8) is 0 Å². The Bertz CT molecular complexity index is 1090. The molecule has 0 radical (unpaired) electrons. The molecule has 0 aromatic heterocycles. The minimum absolute atomic E-state index is 0. The van der Waals surface area contributed by atoms with Crippen LogP contribution in [0.15, 0.2) is 12.2 Å². The van der Waals surface area contributed by atoms with Crippen LogP contribution < -0.4 is 11.5 Å². The molecule has 8 atom stereocenters. The first-order valence-corrected chi connectivity index (χ1v) is 23.5. The smallest absolute Gasteiger partial charge is 0.249 e. The lowest BCUT2D eigenvalue weighted by Gasteiger charge is -2.42. The normalized spacial score (nSPS) is 21.6. The summed E-state index contributed by atoms with van der Waals surface area (Å²) in [7, 11) is -5.36. The van der Waals surface area contributed by atoms with Crippen LogP contribution >= 0.6 is 0 Å². The first-order valence-electron chi connectivity index (χ1n) is 22.2. The molecule has 1 heterocycles. The van der Waals surface area contributed by atoms with Gasteiger partial charge in [-0.05, 0) is 19.3 Å². The van der Waals surface area contributed by atoms with Gasteiger partial charge in [0.25, 0.3) is 0 Å². The van der Waals surface area contributed by atoms with Crippen LogP contribution in [0, 0.1) is 0 Å². The molecule has 1 aliphatic heterocycles. The lowest BCUT2D eigenvalue weighted by atomic mass is 9.99. The number of ether oxygens (including phenoxy) is 2. The third-order valence-electron chi connectivity index (χ3n) is 10.7. The van der Waals surface area contributed by atoms with Crippen molar-refractivity contribution in [1.82, 2.24) is 11.5 Å². The Kier molecular flexibility index (Phi) is 34.7. The molecular formula is C42H84N2O12S. The average Bonchev–Trinajstić information content (AvgIpc) is 3.16. The topological polar surface area (TPSA) is 252 Å². The number of amides is 1. The number of carbonyl (C=O) groups excluding carboxylic acids is 1. The Balaban J connectivity index is 0.0000314. The van der Waals surface area contributed by atoms with Crippen molar-refractivity contribution < 1.29 is 57.0 Å². The van der Waals surface area contributed by atoms with Crippen LogP contribution in [0.3, 0.4) is 0 Å². The van der Waals surface area contributed by atoms with E-state index in [4.69, 9.17) is 9.47 Å². The number of nitrogens with one attached hydrogen (secondary N) is 1. The molecule has 15 heteroatoms. The van der Waals surface area contributed by atoms with Crippen molar-refractivity contribution in [2.45, 2.75) is 236 Å². The van der Waals surface area contributed by atoms with Crippen molar-refractivity contribution >= 4 is 16.3 Å². The maximum Gasteiger partial charge on any atom is 0.249 e. The van der Waals surface area contributed by atoms with E-state index in [-0.39, 0.29) is 12.6 Å². The molecule has 10 N–H and O–H groups in total. The average molecular weight is 841 g/mol. The summed E-state index contributed by atoms with van der Waals surface area (Å²) < 4.78 is 49.1. The zero-order valence-corrected chi connectivity index (χ0v) is 36.6. The van der Waals surface area contributed by atoms with Crippen molar-refractivity contribution in [2.24, 2.45) is 0 Å². The molecule has 0 aromatic rings. The lowest BCUT2D eigenvalue weighted by molar-refractivity contribution is -0.298. The Morgan fingerprint density at radius 2 is 1.18 bits per heavy atom. The maximum atomic E-state index is 13.1. The van der Waals surface area contributed by atoms with Crippen molar-refractivity contribution in [2.75, 3.05) is 13.2 Å². The summed E-state index contributed by atoms with van der Waals surface area (Å²) in [5.41, 5.74) is 0. The van der Waals surface area contributed by atoms with E-state index >= 15 is 0 Å². The summed E-state index contributed by atoms with van der Waals surface area (Å²) in [5, 5.41) is 55.0. The SMILES string of the molecule is CCCCCCCCCCCCC/C=C/[C@@H](O)[C@H](CO[C@@H]1O[C@H](CO)[C@H](O)[C@H](OS(=O)(=O)[O-])[C@H]1O)NC(=O)[C@H](O)CCCCCCCCCCCCCCCC.[NH4+]. The van der Waals surface area contributed by atoms with Crippen molar-refractivity contribution in [3.8, 4) is 0 Å². The number of rotatable bonds is 37. The van der Waals surface area contributed by atoms with E-state index in [9.17, 15) is 43.3 Å². The summed E-state index contributed by atoms with van der Waals surface area (Å²) in [6.45, 7) is 3.16. The maximum absolute atomic E-state index is 13.1. The van der Waals surface area contributed by atoms with Gasteiger partial charge < -0.3 is 51.0 Å². The second-order valence-electron chi connectivity index (χ2n) is 15.8. The van der Waals surface area contributed by atoms with E-state index in [1.807, 2.05) is 6.08 Å². The number of aliphatic hydroxyl groups excluding tert-OH is 5. The first kappa shape index (κ1) is 55.8. The Morgan fingerprint density at radius 1 is 0.737 bits per heavy atom. The van der Waals surface area contributed by atoms with E-state index in [1.54, 1.807) is 0 Å². The zero-order chi connectivity index (χ0) is 41.4. The summed E-state index contributed by atoms with van der Waals surface area (Å²) in [4.78, 5) is 13.1. The van der Waals surface area contributed by atoms with Crippen molar-refractivity contribution in [3.05, 3.63) is 12.2 Å². The van der Waals surface area contributed by atoms with E-state index in [2.05, 4.69) is 23.3 Å². The zero-order valence-electron chi connectivity index (χ0n) is 35.8. The highest BCUT2D eigenvalue weighted by molar-refractivity contribution is 7.80. The standard InChI is InChI=1S/C42H81NO12S.H3N/c1-3-5-7-9-11-13-15-17-19-21-23-25-27-29-31-36(46)41(49)43-34(35(45)30-28-26-24-22-20-18-16-14-12-10-8-6-4-2)33-53-42-39(48)40(55-56(50,51)52)38(47)37(32-44)54-42;/h28,30,34-40,42,44-48H,3-27,29,31-33H2,1-2H3,(H,43,49)(H,50,51,52);1H3/b30-28+;/t34-,35+,36+,37+,38-,39+,40-,42+;/m0./s1. The number of hydrogen-bond donors (Lipinski definition) is 7. The molecule has 340 valence electrons. The third-order valence-corrected chi connectivity index (χ3v) is 11.1. The summed E-state index contributed by atoms with van der Waals surface area (Å²) >= 11 is 0. The first-order chi connectivity index (χ1) is 26.9. The monoisotopic (exact) mass is 841 g/mol. The van der Waals surface area contributed by atoms with Crippen LogP contribution in [0.25, 0.3) is 0 Å². The molecule has 1 rings (SSSR count). The molecule has 14 nitrogen and oxygen atoms in total. The largest absolute Gasteiger partial charge is 0.726 e. The number of hydrogen-bond acceptors (Lipinski definition) is 12. The van der Waals surface area contributed by atoms with Gasteiger partial charge in [-0.25, -0.2) is 8.42 Å². The number of quaternary nitrogens is 1. The van der Waals surface area contributed by atoms with Gasteiger partial charge in [-0.2, -0.15) is 0 Å². The predicted molar refractivity (Wildman–Crippen MR) is 223 cm³/mol. The third kappa shape index (κ3) is 28.0. The molecule has 1 amide bonds. The van der Waals surface area contributed by atoms with Crippen LogP contribution in [-0.2, 0) is 28.9 Å². The fraction of sp³-hybridized carbons (Fsp3) is 0.929. The van der Waals surface area contributed by atoms with Crippen LogP contribution in [-0.4, -0.2) is 107 Å². The van der Waals surface area contributed by atoms with Crippen LogP contribution in [0.5, 0.6) is 0 Å². The van der Waals surface area contributed by atoms with Gasteiger partial charge in [-0.15, -0.1) is 0 Å². The Morgan fingerprint density at radius 3 is 1.61 bits per heavy atom. The molecule has 0 spiro atoms. The van der Waals surface area contributed by atoms with Crippen LogP contribution in [0.4, 0.5) is 0 Å². The molecule has 0 saturated carbocycles. The Hall–Kier alpha value is -1.24.